The van der Waals surface area contributed by atoms with Crippen molar-refractivity contribution in [3.63, 3.8) is 0 Å². The number of rotatable bonds is 9. The smallest absolute Gasteiger partial charge is 0.242 e. The summed E-state index contributed by atoms with van der Waals surface area (Å²) >= 11 is 0. The molecule has 20 heavy (non-hydrogen) atoms. The zero-order chi connectivity index (χ0) is 15.0. The van der Waals surface area contributed by atoms with Crippen LogP contribution in [0.1, 0.15) is 40.0 Å². The summed E-state index contributed by atoms with van der Waals surface area (Å²) in [4.78, 5) is 8.19. The first-order valence-electron chi connectivity index (χ1n) is 7.20. The van der Waals surface area contributed by atoms with Crippen LogP contribution in [0, 0.1) is 5.92 Å². The Bertz CT molecular complexity index is 393. The van der Waals surface area contributed by atoms with Gasteiger partial charge in [0, 0.05) is 13.2 Å². The Morgan fingerprint density at radius 3 is 2.70 bits per heavy atom. The van der Waals surface area contributed by atoms with Crippen LogP contribution in [0.2, 0.25) is 0 Å². The number of nitrogens with one attached hydrogen (secondary N) is 1. The molecule has 0 fully saturated rings. The van der Waals surface area contributed by atoms with Gasteiger partial charge in [-0.1, -0.05) is 13.3 Å². The third-order valence-electron chi connectivity index (χ3n) is 2.99. The van der Waals surface area contributed by atoms with Crippen molar-refractivity contribution >= 4 is 11.5 Å². The predicted molar refractivity (Wildman–Crippen MR) is 80.8 cm³/mol. The minimum Gasteiger partial charge on any atom is -0.473 e. The number of hydrogen-bond acceptors (Lipinski definition) is 6. The predicted octanol–water partition coefficient (Wildman–Crippen LogP) is 2.06. The SMILES string of the molecule is CCCC(CCO)CNc1ncnc(OC(C)C)c1N. The van der Waals surface area contributed by atoms with E-state index in [1.807, 2.05) is 13.8 Å². The van der Waals surface area contributed by atoms with Gasteiger partial charge in [-0.05, 0) is 32.6 Å². The molecule has 0 aliphatic heterocycles. The summed E-state index contributed by atoms with van der Waals surface area (Å²) in [6, 6.07) is 0. The number of aliphatic hydroxyl groups is 1. The molecule has 0 amide bonds. The number of ether oxygens (including phenoxy) is 1. The highest BCUT2D eigenvalue weighted by atomic mass is 16.5. The van der Waals surface area contributed by atoms with Crippen molar-refractivity contribution in [3.8, 4) is 5.88 Å². The minimum absolute atomic E-state index is 0.0160. The van der Waals surface area contributed by atoms with Gasteiger partial charge in [-0.15, -0.1) is 0 Å². The quantitative estimate of drug-likeness (QED) is 0.642. The molecule has 0 aliphatic carbocycles. The van der Waals surface area contributed by atoms with Crippen LogP contribution in [0.15, 0.2) is 6.33 Å². The van der Waals surface area contributed by atoms with Gasteiger partial charge >= 0.3 is 0 Å². The molecular weight excluding hydrogens is 256 g/mol. The summed E-state index contributed by atoms with van der Waals surface area (Å²) in [5.74, 6) is 1.41. The van der Waals surface area contributed by atoms with Gasteiger partial charge in [0.25, 0.3) is 0 Å². The van der Waals surface area contributed by atoms with Gasteiger partial charge in [-0.2, -0.15) is 4.98 Å². The first-order chi connectivity index (χ1) is 9.58. The average Bonchev–Trinajstić information content (AvgIpc) is 2.39. The number of hydrogen-bond donors (Lipinski definition) is 3. The van der Waals surface area contributed by atoms with E-state index in [1.54, 1.807) is 0 Å². The number of nitrogens with two attached hydrogens (primary N) is 1. The van der Waals surface area contributed by atoms with Crippen LogP contribution in [0.25, 0.3) is 0 Å². The van der Waals surface area contributed by atoms with Crippen molar-refractivity contribution in [2.45, 2.75) is 46.1 Å². The molecule has 1 rings (SSSR count). The van der Waals surface area contributed by atoms with Crippen molar-refractivity contribution in [1.82, 2.24) is 9.97 Å². The molecule has 0 saturated heterocycles. The van der Waals surface area contributed by atoms with E-state index in [0.717, 1.165) is 25.8 Å². The van der Waals surface area contributed by atoms with Crippen molar-refractivity contribution in [2.75, 3.05) is 24.2 Å². The molecule has 1 aromatic rings. The maximum absolute atomic E-state index is 9.06. The molecule has 1 heterocycles. The fourth-order valence-corrected chi connectivity index (χ4v) is 2.02. The van der Waals surface area contributed by atoms with Gasteiger partial charge in [-0.3, -0.25) is 0 Å². The fraction of sp³-hybridized carbons (Fsp3) is 0.714. The molecule has 0 aliphatic rings. The molecular formula is C14H26N4O2. The lowest BCUT2D eigenvalue weighted by Gasteiger charge is -2.18. The van der Waals surface area contributed by atoms with Crippen molar-refractivity contribution in [3.05, 3.63) is 6.33 Å². The van der Waals surface area contributed by atoms with Crippen molar-refractivity contribution in [2.24, 2.45) is 5.92 Å². The van der Waals surface area contributed by atoms with E-state index in [1.165, 1.54) is 6.33 Å². The van der Waals surface area contributed by atoms with E-state index in [4.69, 9.17) is 15.6 Å². The van der Waals surface area contributed by atoms with Crippen LogP contribution in [0.4, 0.5) is 11.5 Å². The van der Waals surface area contributed by atoms with E-state index >= 15 is 0 Å². The highest BCUT2D eigenvalue weighted by Crippen LogP contribution is 2.26. The lowest BCUT2D eigenvalue weighted by atomic mass is 10.0. The van der Waals surface area contributed by atoms with Crippen LogP contribution >= 0.6 is 0 Å². The third kappa shape index (κ3) is 5.21. The van der Waals surface area contributed by atoms with Crippen LogP contribution in [0.3, 0.4) is 0 Å². The Balaban J connectivity index is 2.67. The maximum atomic E-state index is 9.06. The topological polar surface area (TPSA) is 93.3 Å². The molecule has 0 saturated carbocycles. The highest BCUT2D eigenvalue weighted by molar-refractivity contribution is 5.66. The standard InChI is InChI=1S/C14H26N4O2/c1-4-5-11(6-7-19)8-16-13-12(15)14(18-9-17-13)20-10(2)3/h9-11,19H,4-8,15H2,1-3H3,(H,16,17,18). The Morgan fingerprint density at radius 2 is 2.10 bits per heavy atom. The van der Waals surface area contributed by atoms with Crippen LogP contribution in [-0.4, -0.2) is 34.3 Å². The van der Waals surface area contributed by atoms with Crippen LogP contribution in [0.5, 0.6) is 5.88 Å². The van der Waals surface area contributed by atoms with Gasteiger partial charge in [-0.25, -0.2) is 4.98 Å². The molecule has 1 atom stereocenters. The molecule has 114 valence electrons. The van der Waals surface area contributed by atoms with Gasteiger partial charge in [0.15, 0.2) is 5.82 Å². The average molecular weight is 282 g/mol. The largest absolute Gasteiger partial charge is 0.473 e. The normalized spacial score (nSPS) is 12.4. The summed E-state index contributed by atoms with van der Waals surface area (Å²) in [5, 5.41) is 12.3. The minimum atomic E-state index is 0.0160. The fourth-order valence-electron chi connectivity index (χ4n) is 2.02. The lowest BCUT2D eigenvalue weighted by molar-refractivity contribution is 0.234. The third-order valence-corrected chi connectivity index (χ3v) is 2.99. The van der Waals surface area contributed by atoms with Gasteiger partial charge in [0.05, 0.1) is 6.10 Å². The molecule has 6 heteroatoms. The zero-order valence-electron chi connectivity index (χ0n) is 12.6. The Kier molecular flexibility index (Phi) is 7.08. The summed E-state index contributed by atoms with van der Waals surface area (Å²) < 4.78 is 5.53. The molecule has 1 aromatic heterocycles. The van der Waals surface area contributed by atoms with Gasteiger partial charge < -0.3 is 20.9 Å². The molecule has 1 unspecified atom stereocenters. The van der Waals surface area contributed by atoms with Crippen LogP contribution in [-0.2, 0) is 0 Å². The second kappa shape index (κ2) is 8.58. The molecule has 0 bridgehead atoms. The van der Waals surface area contributed by atoms with Gasteiger partial charge in [0.1, 0.15) is 12.0 Å². The summed E-state index contributed by atoms with van der Waals surface area (Å²) in [6.07, 6.45) is 4.39. The number of nitrogen functional groups attached to an aromatic ring is 1. The molecule has 0 aromatic carbocycles. The van der Waals surface area contributed by atoms with E-state index in [-0.39, 0.29) is 12.7 Å². The summed E-state index contributed by atoms with van der Waals surface area (Å²) in [6.45, 7) is 6.92. The van der Waals surface area contributed by atoms with Gasteiger partial charge in [0.2, 0.25) is 5.88 Å². The Labute approximate surface area is 120 Å². The maximum Gasteiger partial charge on any atom is 0.242 e. The highest BCUT2D eigenvalue weighted by Gasteiger charge is 2.12. The zero-order valence-corrected chi connectivity index (χ0v) is 12.6. The van der Waals surface area contributed by atoms with Crippen molar-refractivity contribution < 1.29 is 9.84 Å². The number of anilines is 2. The van der Waals surface area contributed by atoms with E-state index < -0.39 is 0 Å². The number of aromatic nitrogens is 2. The van der Waals surface area contributed by atoms with Crippen molar-refractivity contribution in [1.29, 1.82) is 0 Å². The number of aliphatic hydroxyl groups excluding tert-OH is 1. The molecule has 6 nitrogen and oxygen atoms in total. The second-order valence-electron chi connectivity index (χ2n) is 5.16. The molecule has 0 spiro atoms. The lowest BCUT2D eigenvalue weighted by Crippen LogP contribution is -2.18. The van der Waals surface area contributed by atoms with E-state index in [0.29, 0.717) is 23.3 Å². The van der Waals surface area contributed by atoms with E-state index in [2.05, 4.69) is 22.2 Å². The molecule has 4 N–H and O–H groups in total. The first kappa shape index (κ1) is 16.5. The summed E-state index contributed by atoms with van der Waals surface area (Å²) in [7, 11) is 0. The second-order valence-corrected chi connectivity index (χ2v) is 5.16. The monoisotopic (exact) mass is 282 g/mol. The van der Waals surface area contributed by atoms with Crippen LogP contribution < -0.4 is 15.8 Å². The molecule has 0 radical (unpaired) electrons. The Hall–Kier alpha value is -1.56. The number of nitrogens with zero attached hydrogens (tertiary/aromatic N) is 2. The van der Waals surface area contributed by atoms with E-state index in [9.17, 15) is 0 Å². The Morgan fingerprint density at radius 1 is 1.35 bits per heavy atom. The summed E-state index contributed by atoms with van der Waals surface area (Å²) in [5.41, 5.74) is 6.43. The first-order valence-corrected chi connectivity index (χ1v) is 7.20.